The smallest absolute Gasteiger partial charge is 0.329 e. The van der Waals surface area contributed by atoms with Crippen LogP contribution in [0.5, 0.6) is 0 Å². The van der Waals surface area contributed by atoms with Gasteiger partial charge in [0.2, 0.25) is 0 Å². The minimum Gasteiger partial charge on any atom is -0.480 e. The molecule has 0 radical (unpaired) electrons. The maximum absolute atomic E-state index is 11.8. The third kappa shape index (κ3) is 2.43. The van der Waals surface area contributed by atoms with Gasteiger partial charge in [0.15, 0.2) is 0 Å². The molecule has 0 aromatic heterocycles. The second-order valence-corrected chi connectivity index (χ2v) is 5.31. The second-order valence-electron chi connectivity index (χ2n) is 5.31. The zero-order valence-corrected chi connectivity index (χ0v) is 10.7. The maximum atomic E-state index is 11.8. The van der Waals surface area contributed by atoms with E-state index >= 15 is 0 Å². The molecule has 6 heteroatoms. The Hall–Kier alpha value is -1.30. The summed E-state index contributed by atoms with van der Waals surface area (Å²) in [6, 6.07) is -0.415. The number of carboxylic acids is 1. The fourth-order valence-corrected chi connectivity index (χ4v) is 2.54. The molecule has 2 rings (SSSR count). The molecule has 0 aliphatic carbocycles. The Kier molecular flexibility index (Phi) is 3.47. The second kappa shape index (κ2) is 4.76. The number of carbonyl (C=O) groups excluding carboxylic acids is 1. The lowest BCUT2D eigenvalue weighted by molar-refractivity contribution is -0.143. The van der Waals surface area contributed by atoms with Crippen molar-refractivity contribution < 1.29 is 19.4 Å². The highest BCUT2D eigenvalue weighted by Gasteiger charge is 2.42. The van der Waals surface area contributed by atoms with Crippen molar-refractivity contribution in [2.75, 3.05) is 0 Å². The molecule has 6 nitrogen and oxygen atoms in total. The molecule has 3 N–H and O–H groups in total. The van der Waals surface area contributed by atoms with Crippen molar-refractivity contribution >= 4 is 12.0 Å². The highest BCUT2D eigenvalue weighted by Crippen LogP contribution is 2.34. The van der Waals surface area contributed by atoms with Gasteiger partial charge < -0.3 is 20.5 Å². The van der Waals surface area contributed by atoms with Crippen LogP contribution < -0.4 is 10.6 Å². The van der Waals surface area contributed by atoms with E-state index in [1.165, 1.54) is 6.92 Å². The zero-order valence-electron chi connectivity index (χ0n) is 10.7. The number of carboxylic acid groups (broad SMARTS) is 1. The standard InChI is InChI=1S/C12H20N2O4/c1-3-12(2,10(15)16)14-11(17)13-8-6-7-4-5-9(8)18-7/h7-9H,3-6H2,1-2H3,(H,15,16)(H2,13,14,17). The van der Waals surface area contributed by atoms with Crippen LogP contribution in [0.4, 0.5) is 4.79 Å². The number of fused-ring (bicyclic) bond motifs is 2. The quantitative estimate of drug-likeness (QED) is 0.696. The summed E-state index contributed by atoms with van der Waals surface area (Å²) in [5.41, 5.74) is -1.22. The molecule has 102 valence electrons. The van der Waals surface area contributed by atoms with Gasteiger partial charge in [-0.2, -0.15) is 0 Å². The van der Waals surface area contributed by atoms with Crippen molar-refractivity contribution in [2.24, 2.45) is 0 Å². The first-order chi connectivity index (χ1) is 8.44. The Morgan fingerprint density at radius 2 is 2.17 bits per heavy atom. The van der Waals surface area contributed by atoms with Gasteiger partial charge in [-0.1, -0.05) is 6.92 Å². The minimum atomic E-state index is -1.22. The van der Waals surface area contributed by atoms with Crippen molar-refractivity contribution in [2.45, 2.75) is 63.3 Å². The van der Waals surface area contributed by atoms with Gasteiger partial charge in [0, 0.05) is 0 Å². The summed E-state index contributed by atoms with van der Waals surface area (Å²) in [7, 11) is 0. The number of rotatable bonds is 4. The Morgan fingerprint density at radius 3 is 2.61 bits per heavy atom. The number of hydrogen-bond acceptors (Lipinski definition) is 3. The van der Waals surface area contributed by atoms with Crippen LogP contribution in [-0.4, -0.2) is 40.9 Å². The average Bonchev–Trinajstić information content (AvgIpc) is 2.90. The van der Waals surface area contributed by atoms with E-state index in [9.17, 15) is 9.59 Å². The van der Waals surface area contributed by atoms with E-state index < -0.39 is 17.5 Å². The highest BCUT2D eigenvalue weighted by atomic mass is 16.5. The van der Waals surface area contributed by atoms with Gasteiger partial charge in [-0.3, -0.25) is 0 Å². The largest absolute Gasteiger partial charge is 0.480 e. The van der Waals surface area contributed by atoms with Crippen LogP contribution in [0.15, 0.2) is 0 Å². The lowest BCUT2D eigenvalue weighted by atomic mass is 9.95. The molecule has 4 atom stereocenters. The van der Waals surface area contributed by atoms with E-state index in [0.29, 0.717) is 6.42 Å². The molecular formula is C12H20N2O4. The van der Waals surface area contributed by atoms with Crippen LogP contribution in [0.1, 0.15) is 39.5 Å². The predicted molar refractivity (Wildman–Crippen MR) is 64.3 cm³/mol. The molecule has 2 bridgehead atoms. The average molecular weight is 256 g/mol. The summed E-state index contributed by atoms with van der Waals surface area (Å²) in [5, 5.41) is 14.4. The van der Waals surface area contributed by atoms with Crippen LogP contribution in [0, 0.1) is 0 Å². The lowest BCUT2D eigenvalue weighted by Crippen LogP contribution is -2.57. The highest BCUT2D eigenvalue weighted by molar-refractivity contribution is 5.85. The molecule has 2 heterocycles. The monoisotopic (exact) mass is 256 g/mol. The molecule has 18 heavy (non-hydrogen) atoms. The third-order valence-electron chi connectivity index (χ3n) is 3.99. The molecule has 4 unspecified atom stereocenters. The van der Waals surface area contributed by atoms with Crippen molar-refractivity contribution in [1.82, 2.24) is 10.6 Å². The molecule has 2 fully saturated rings. The first-order valence-electron chi connectivity index (χ1n) is 6.42. The summed E-state index contributed by atoms with van der Waals surface area (Å²) >= 11 is 0. The van der Waals surface area contributed by atoms with E-state index in [4.69, 9.17) is 9.84 Å². The van der Waals surface area contributed by atoms with Gasteiger partial charge in [-0.25, -0.2) is 9.59 Å². The summed E-state index contributed by atoms with van der Waals surface area (Å²) in [6.07, 6.45) is 3.55. The van der Waals surface area contributed by atoms with E-state index in [2.05, 4.69) is 10.6 Å². The fourth-order valence-electron chi connectivity index (χ4n) is 2.54. The van der Waals surface area contributed by atoms with Crippen molar-refractivity contribution in [3.05, 3.63) is 0 Å². The van der Waals surface area contributed by atoms with E-state index in [1.807, 2.05) is 0 Å². The topological polar surface area (TPSA) is 87.7 Å². The van der Waals surface area contributed by atoms with Gasteiger partial charge in [0.1, 0.15) is 5.54 Å². The molecule has 2 amide bonds. The molecule has 2 aliphatic heterocycles. The predicted octanol–water partition coefficient (Wildman–Crippen LogP) is 0.859. The van der Waals surface area contributed by atoms with Gasteiger partial charge in [0.25, 0.3) is 0 Å². The molecule has 0 aromatic rings. The van der Waals surface area contributed by atoms with Crippen molar-refractivity contribution in [3.8, 4) is 0 Å². The molecule has 0 aromatic carbocycles. The number of ether oxygens (including phenoxy) is 1. The third-order valence-corrected chi connectivity index (χ3v) is 3.99. The number of hydrogen-bond donors (Lipinski definition) is 3. The minimum absolute atomic E-state index is 0.0126. The van der Waals surface area contributed by atoms with Crippen LogP contribution in [0.25, 0.3) is 0 Å². The van der Waals surface area contributed by atoms with Crippen LogP contribution in [0.2, 0.25) is 0 Å². The number of carbonyl (C=O) groups is 2. The molecular weight excluding hydrogens is 236 g/mol. The molecule has 2 saturated heterocycles. The van der Waals surface area contributed by atoms with Gasteiger partial charge >= 0.3 is 12.0 Å². The Morgan fingerprint density at radius 1 is 1.44 bits per heavy atom. The summed E-state index contributed by atoms with van der Waals surface area (Å²) in [6.45, 7) is 3.24. The van der Waals surface area contributed by atoms with E-state index in [-0.39, 0.29) is 18.2 Å². The first-order valence-corrected chi connectivity index (χ1v) is 6.42. The summed E-state index contributed by atoms with van der Waals surface area (Å²) in [5.74, 6) is -1.02. The Balaban J connectivity index is 1.87. The number of amides is 2. The SMILES string of the molecule is CCC(C)(NC(=O)NC1CC2CCC1O2)C(=O)O. The Bertz CT molecular complexity index is 360. The summed E-state index contributed by atoms with van der Waals surface area (Å²) in [4.78, 5) is 22.9. The molecule has 0 saturated carbocycles. The van der Waals surface area contributed by atoms with Gasteiger partial charge in [-0.15, -0.1) is 0 Å². The van der Waals surface area contributed by atoms with E-state index in [0.717, 1.165) is 19.3 Å². The fraction of sp³-hybridized carbons (Fsp3) is 0.833. The number of nitrogens with one attached hydrogen (secondary N) is 2. The van der Waals surface area contributed by atoms with E-state index in [1.54, 1.807) is 6.92 Å². The lowest BCUT2D eigenvalue weighted by Gasteiger charge is -2.27. The van der Waals surface area contributed by atoms with Crippen LogP contribution >= 0.6 is 0 Å². The van der Waals surface area contributed by atoms with Gasteiger partial charge in [0.05, 0.1) is 18.2 Å². The Labute approximate surface area is 106 Å². The van der Waals surface area contributed by atoms with Crippen molar-refractivity contribution in [1.29, 1.82) is 0 Å². The normalized spacial score (nSPS) is 32.9. The number of aliphatic carboxylic acids is 1. The molecule has 2 aliphatic rings. The zero-order chi connectivity index (χ0) is 13.3. The van der Waals surface area contributed by atoms with Crippen molar-refractivity contribution in [3.63, 3.8) is 0 Å². The van der Waals surface area contributed by atoms with Crippen LogP contribution in [0.3, 0.4) is 0 Å². The maximum Gasteiger partial charge on any atom is 0.329 e. The van der Waals surface area contributed by atoms with Gasteiger partial charge in [-0.05, 0) is 32.6 Å². The van der Waals surface area contributed by atoms with Crippen LogP contribution in [-0.2, 0) is 9.53 Å². The summed E-state index contributed by atoms with van der Waals surface area (Å²) < 4.78 is 5.63. The number of urea groups is 1. The first kappa shape index (κ1) is 13.1. The molecule has 0 spiro atoms.